The molecule has 54 heavy (non-hydrogen) atoms. The number of hydrogen-bond donors (Lipinski definition) is 1. The van der Waals surface area contributed by atoms with E-state index in [-0.39, 0.29) is 66.1 Å². The topological polar surface area (TPSA) is 118 Å². The first-order chi connectivity index (χ1) is 25.8. The number of likely N-dealkylation sites (tertiary alicyclic amines) is 1. The highest BCUT2D eigenvalue weighted by molar-refractivity contribution is 7.09. The van der Waals surface area contributed by atoms with E-state index in [1.54, 1.807) is 43.7 Å². The summed E-state index contributed by atoms with van der Waals surface area (Å²) in [4.78, 5) is 64.3. The van der Waals surface area contributed by atoms with Gasteiger partial charge in [-0.3, -0.25) is 19.2 Å². The van der Waals surface area contributed by atoms with Gasteiger partial charge in [-0.1, -0.05) is 71.4 Å². The first-order valence-electron chi connectivity index (χ1n) is 20.1. The summed E-state index contributed by atoms with van der Waals surface area (Å²) in [7, 11) is 5.04. The molecule has 1 aromatic heterocycles. The smallest absolute Gasteiger partial charge is 0.226 e. The van der Waals surface area contributed by atoms with Crippen molar-refractivity contribution in [3.8, 4) is 0 Å². The quantitative estimate of drug-likeness (QED) is 0.149. The van der Waals surface area contributed by atoms with Crippen LogP contribution < -0.4 is 5.32 Å². The maximum absolute atomic E-state index is 14.3. The molecule has 2 aliphatic heterocycles. The van der Waals surface area contributed by atoms with Crippen molar-refractivity contribution in [1.82, 2.24) is 20.1 Å². The number of carbonyl (C=O) groups excluding carboxylic acids is 4. The zero-order valence-electron chi connectivity index (χ0n) is 34.2. The Morgan fingerprint density at radius 2 is 1.76 bits per heavy atom. The second kappa shape index (κ2) is 20.3. The van der Waals surface area contributed by atoms with Gasteiger partial charge in [-0.05, 0) is 63.0 Å². The fourth-order valence-corrected chi connectivity index (χ4v) is 9.52. The summed E-state index contributed by atoms with van der Waals surface area (Å²) in [5, 5.41) is 6.25. The number of ether oxygens (including phenoxy) is 2. The SMILES string of the molecule is CC[C@H](C)[C@@H]([C@@H](CC(=O)N1CCC[C@H]1[C@H](OC)[C@@H](C)C(=O)C[C@@H](Cc1ccccc1)c1nccs1)OC)N(C)C(=O)[C@@H](CC(=O)[C@@]1(C)CCCN1)C(C)C. The summed E-state index contributed by atoms with van der Waals surface area (Å²) in [5.41, 5.74) is 0.567. The lowest BCUT2D eigenvalue weighted by molar-refractivity contribution is -0.149. The highest BCUT2D eigenvalue weighted by Gasteiger charge is 2.44. The largest absolute Gasteiger partial charge is 0.379 e. The molecule has 1 aromatic carbocycles. The van der Waals surface area contributed by atoms with Crippen LogP contribution in [0.15, 0.2) is 41.9 Å². The second-order valence-electron chi connectivity index (χ2n) is 16.4. The molecular formula is C43H66N4O6S. The van der Waals surface area contributed by atoms with Crippen LogP contribution in [0.4, 0.5) is 0 Å². The van der Waals surface area contributed by atoms with Gasteiger partial charge in [0.25, 0.3) is 0 Å². The monoisotopic (exact) mass is 766 g/mol. The van der Waals surface area contributed by atoms with Crippen LogP contribution in [0.3, 0.4) is 0 Å². The van der Waals surface area contributed by atoms with Gasteiger partial charge in [0, 0.05) is 70.0 Å². The van der Waals surface area contributed by atoms with Gasteiger partial charge in [-0.2, -0.15) is 0 Å². The Bertz CT molecular complexity index is 1500. The van der Waals surface area contributed by atoms with E-state index >= 15 is 0 Å². The number of thiazole rings is 1. The van der Waals surface area contributed by atoms with E-state index in [0.29, 0.717) is 13.0 Å². The van der Waals surface area contributed by atoms with Crippen LogP contribution in [0, 0.1) is 23.7 Å². The van der Waals surface area contributed by atoms with E-state index in [1.807, 2.05) is 56.2 Å². The number of carbonyl (C=O) groups is 4. The van der Waals surface area contributed by atoms with Crippen molar-refractivity contribution in [1.29, 1.82) is 0 Å². The molecule has 10 nitrogen and oxygen atoms in total. The van der Waals surface area contributed by atoms with Crippen LogP contribution >= 0.6 is 11.3 Å². The first kappa shape index (κ1) is 43.7. The number of nitrogens with one attached hydrogen (secondary N) is 1. The van der Waals surface area contributed by atoms with Gasteiger partial charge in [0.15, 0.2) is 5.78 Å². The third-order valence-electron chi connectivity index (χ3n) is 12.4. The van der Waals surface area contributed by atoms with Crippen molar-refractivity contribution >= 4 is 34.7 Å². The van der Waals surface area contributed by atoms with Crippen LogP contribution in [-0.2, 0) is 35.1 Å². The van der Waals surface area contributed by atoms with Crippen LogP contribution in [0.2, 0.25) is 0 Å². The number of amides is 2. The van der Waals surface area contributed by atoms with Crippen molar-refractivity contribution in [2.75, 3.05) is 34.4 Å². The van der Waals surface area contributed by atoms with Crippen molar-refractivity contribution in [3.63, 3.8) is 0 Å². The highest BCUT2D eigenvalue weighted by atomic mass is 32.1. The lowest BCUT2D eigenvalue weighted by Crippen LogP contribution is -2.54. The summed E-state index contributed by atoms with van der Waals surface area (Å²) in [6.45, 7) is 13.4. The summed E-state index contributed by atoms with van der Waals surface area (Å²) < 4.78 is 12.2. The highest BCUT2D eigenvalue weighted by Crippen LogP contribution is 2.34. The van der Waals surface area contributed by atoms with Gasteiger partial charge in [0.05, 0.1) is 41.3 Å². The summed E-state index contributed by atoms with van der Waals surface area (Å²) in [6, 6.07) is 9.56. The number of benzene rings is 1. The molecule has 3 heterocycles. The zero-order valence-corrected chi connectivity index (χ0v) is 35.0. The average Bonchev–Trinajstić information content (AvgIpc) is 3.97. The predicted octanol–water partition coefficient (Wildman–Crippen LogP) is 6.72. The second-order valence-corrected chi connectivity index (χ2v) is 17.3. The number of hydrogen-bond acceptors (Lipinski definition) is 9. The third kappa shape index (κ3) is 10.6. The fraction of sp³-hybridized carbons (Fsp3) is 0.698. The Morgan fingerprint density at radius 1 is 1.04 bits per heavy atom. The standard InChI is InChI=1S/C43H66N4O6S/c1-10-29(4)39(46(7)42(51)33(28(2)3)26-37(49)43(6)19-15-20-45-43)36(52-8)27-38(50)47-22-14-18-34(47)40(53-9)30(5)35(48)25-32(41-44-21-23-54-41)24-31-16-12-11-13-17-31/h11-13,16-17,21,23,28-30,32-34,36,39-40,45H,10,14-15,18-20,22,24-27H2,1-9H3/t29-,30-,32+,33-,34-,36+,39-,40+,43+/m0/s1. The van der Waals surface area contributed by atoms with Crippen molar-refractivity contribution in [3.05, 3.63) is 52.5 Å². The molecule has 2 fully saturated rings. The molecule has 0 unspecified atom stereocenters. The molecule has 300 valence electrons. The van der Waals surface area contributed by atoms with E-state index in [2.05, 4.69) is 36.3 Å². The Kier molecular flexibility index (Phi) is 16.4. The van der Waals surface area contributed by atoms with E-state index in [1.165, 1.54) is 0 Å². The molecule has 1 N–H and O–H groups in total. The number of methoxy groups -OCH3 is 2. The number of ketones is 2. The van der Waals surface area contributed by atoms with Gasteiger partial charge in [0.1, 0.15) is 5.78 Å². The number of aromatic nitrogens is 1. The van der Waals surface area contributed by atoms with Crippen molar-refractivity contribution in [2.24, 2.45) is 23.7 Å². The molecule has 9 atom stereocenters. The van der Waals surface area contributed by atoms with E-state index in [4.69, 9.17) is 9.47 Å². The summed E-state index contributed by atoms with van der Waals surface area (Å²) >= 11 is 1.57. The lowest BCUT2D eigenvalue weighted by atomic mass is 9.82. The van der Waals surface area contributed by atoms with Gasteiger partial charge >= 0.3 is 0 Å². The van der Waals surface area contributed by atoms with Crippen molar-refractivity contribution < 1.29 is 28.7 Å². The number of rotatable bonds is 21. The molecule has 0 radical (unpaired) electrons. The number of nitrogens with zero attached hydrogens (tertiary/aromatic N) is 3. The van der Waals surface area contributed by atoms with Crippen molar-refractivity contribution in [2.45, 2.75) is 135 Å². The summed E-state index contributed by atoms with van der Waals surface area (Å²) in [6.07, 6.45) is 6.16. The predicted molar refractivity (Wildman–Crippen MR) is 214 cm³/mol. The fourth-order valence-electron chi connectivity index (χ4n) is 8.78. The van der Waals surface area contributed by atoms with E-state index in [0.717, 1.165) is 55.6 Å². The van der Waals surface area contributed by atoms with Crippen LogP contribution in [0.1, 0.15) is 109 Å². The Hall–Kier alpha value is -2.99. The maximum atomic E-state index is 14.3. The molecule has 0 saturated carbocycles. The molecule has 2 aromatic rings. The van der Waals surface area contributed by atoms with E-state index in [9.17, 15) is 19.2 Å². The molecule has 2 aliphatic rings. The molecule has 0 aliphatic carbocycles. The van der Waals surface area contributed by atoms with Gasteiger partial charge in [-0.15, -0.1) is 11.3 Å². The molecule has 11 heteroatoms. The van der Waals surface area contributed by atoms with Crippen LogP contribution in [0.25, 0.3) is 0 Å². The minimum Gasteiger partial charge on any atom is -0.379 e. The number of Topliss-reactive ketones (excluding diaryl/α,β-unsaturated/α-hetero) is 2. The Labute approximate surface area is 328 Å². The molecule has 0 bridgehead atoms. The number of likely N-dealkylation sites (N-methyl/N-ethyl adjacent to an activating group) is 1. The zero-order chi connectivity index (χ0) is 39.6. The lowest BCUT2D eigenvalue weighted by Gasteiger charge is -2.41. The molecule has 2 amide bonds. The van der Waals surface area contributed by atoms with Gasteiger partial charge < -0.3 is 24.6 Å². The van der Waals surface area contributed by atoms with Gasteiger partial charge in [0.2, 0.25) is 11.8 Å². The first-order valence-corrected chi connectivity index (χ1v) is 21.0. The average molecular weight is 767 g/mol. The van der Waals surface area contributed by atoms with Gasteiger partial charge in [-0.25, -0.2) is 4.98 Å². The minimum absolute atomic E-state index is 0.0367. The third-order valence-corrected chi connectivity index (χ3v) is 13.4. The van der Waals surface area contributed by atoms with Crippen LogP contribution in [-0.4, -0.2) is 102 Å². The summed E-state index contributed by atoms with van der Waals surface area (Å²) in [5.74, 6) is -0.937. The maximum Gasteiger partial charge on any atom is 0.226 e. The Balaban J connectivity index is 1.47. The molecular weight excluding hydrogens is 701 g/mol. The molecule has 0 spiro atoms. The Morgan fingerprint density at radius 3 is 2.33 bits per heavy atom. The minimum atomic E-state index is -0.594. The molecule has 2 saturated heterocycles. The normalized spacial score (nSPS) is 22.7. The molecule has 4 rings (SSSR count). The van der Waals surface area contributed by atoms with E-state index < -0.39 is 29.6 Å². The van der Waals surface area contributed by atoms with Crippen LogP contribution in [0.5, 0.6) is 0 Å².